The predicted molar refractivity (Wildman–Crippen MR) is 86.9 cm³/mol. The number of aromatic nitrogens is 3. The maximum absolute atomic E-state index is 4.46. The minimum absolute atomic E-state index is 0.283. The fraction of sp³-hybridized carbons (Fsp3) is 0.529. The first-order chi connectivity index (χ1) is 10.1. The molecule has 0 spiro atoms. The van der Waals surface area contributed by atoms with Crippen molar-refractivity contribution in [1.82, 2.24) is 20.3 Å². The van der Waals surface area contributed by atoms with Crippen molar-refractivity contribution in [3.63, 3.8) is 0 Å². The van der Waals surface area contributed by atoms with Gasteiger partial charge in [-0.2, -0.15) is 0 Å². The van der Waals surface area contributed by atoms with Crippen LogP contribution in [-0.2, 0) is 6.42 Å². The normalized spacial score (nSPS) is 12.6. The Labute approximate surface area is 127 Å². The molecule has 1 N–H and O–H groups in total. The van der Waals surface area contributed by atoms with Crippen LogP contribution in [0.4, 0.5) is 0 Å². The van der Waals surface area contributed by atoms with Crippen LogP contribution in [0.15, 0.2) is 18.2 Å². The highest BCUT2D eigenvalue weighted by Crippen LogP contribution is 2.22. The number of benzene rings is 1. The van der Waals surface area contributed by atoms with Crippen molar-refractivity contribution >= 4 is 0 Å². The lowest BCUT2D eigenvalue weighted by Gasteiger charge is -2.15. The number of hydrogen-bond acceptors (Lipinski definition) is 3. The predicted octanol–water partition coefficient (Wildman–Crippen LogP) is 3.51. The van der Waals surface area contributed by atoms with Crippen LogP contribution in [-0.4, -0.2) is 21.5 Å². The second kappa shape index (κ2) is 6.85. The van der Waals surface area contributed by atoms with Gasteiger partial charge in [0.2, 0.25) is 0 Å². The van der Waals surface area contributed by atoms with Gasteiger partial charge in [0.15, 0.2) is 0 Å². The molecule has 4 nitrogen and oxygen atoms in total. The molecule has 0 aliphatic rings. The molecule has 0 saturated heterocycles. The fourth-order valence-electron chi connectivity index (χ4n) is 2.66. The van der Waals surface area contributed by atoms with Crippen LogP contribution >= 0.6 is 0 Å². The molecule has 1 unspecified atom stereocenters. The van der Waals surface area contributed by atoms with E-state index in [0.717, 1.165) is 30.8 Å². The number of nitrogens with one attached hydrogen (secondary N) is 1. The Bertz CT molecular complexity index is 601. The summed E-state index contributed by atoms with van der Waals surface area (Å²) >= 11 is 0. The van der Waals surface area contributed by atoms with E-state index < -0.39 is 0 Å². The van der Waals surface area contributed by atoms with Crippen LogP contribution in [0.1, 0.15) is 55.7 Å². The summed E-state index contributed by atoms with van der Waals surface area (Å²) in [5.74, 6) is 0. The van der Waals surface area contributed by atoms with Gasteiger partial charge in [0.05, 0.1) is 17.4 Å². The van der Waals surface area contributed by atoms with Gasteiger partial charge >= 0.3 is 0 Å². The van der Waals surface area contributed by atoms with Crippen molar-refractivity contribution in [3.05, 3.63) is 40.7 Å². The minimum Gasteiger partial charge on any atom is -0.309 e. The van der Waals surface area contributed by atoms with E-state index in [1.165, 1.54) is 16.8 Å². The van der Waals surface area contributed by atoms with Gasteiger partial charge in [-0.3, -0.25) is 0 Å². The van der Waals surface area contributed by atoms with Crippen molar-refractivity contribution in [2.24, 2.45) is 0 Å². The molecule has 21 heavy (non-hydrogen) atoms. The summed E-state index contributed by atoms with van der Waals surface area (Å²) < 4.78 is 1.99. The lowest BCUT2D eigenvalue weighted by Crippen LogP contribution is -2.21. The Kier molecular flexibility index (Phi) is 5.12. The smallest absolute Gasteiger partial charge is 0.103 e. The number of rotatable bonds is 6. The van der Waals surface area contributed by atoms with Gasteiger partial charge in [-0.05, 0) is 56.5 Å². The molecule has 1 heterocycles. The van der Waals surface area contributed by atoms with E-state index >= 15 is 0 Å². The maximum Gasteiger partial charge on any atom is 0.103 e. The number of hydrogen-bond donors (Lipinski definition) is 1. The zero-order valence-corrected chi connectivity index (χ0v) is 13.8. The monoisotopic (exact) mass is 286 g/mol. The molecule has 0 aliphatic heterocycles. The maximum atomic E-state index is 4.46. The molecule has 1 atom stereocenters. The first kappa shape index (κ1) is 15.7. The summed E-state index contributed by atoms with van der Waals surface area (Å²) in [5.41, 5.74) is 5.97. The molecule has 4 heteroatoms. The van der Waals surface area contributed by atoms with Gasteiger partial charge in [-0.15, -0.1) is 5.10 Å². The highest BCUT2D eigenvalue weighted by molar-refractivity contribution is 5.40. The zero-order valence-electron chi connectivity index (χ0n) is 13.8. The van der Waals surface area contributed by atoms with Crippen molar-refractivity contribution in [2.45, 2.75) is 53.5 Å². The Morgan fingerprint density at radius 3 is 2.48 bits per heavy atom. The summed E-state index contributed by atoms with van der Waals surface area (Å²) in [4.78, 5) is 0. The second-order valence-corrected chi connectivity index (χ2v) is 5.47. The van der Waals surface area contributed by atoms with E-state index in [1.54, 1.807) is 0 Å². The minimum atomic E-state index is 0.283. The molecule has 0 fully saturated rings. The molecule has 0 amide bonds. The Morgan fingerprint density at radius 1 is 1.14 bits per heavy atom. The first-order valence-corrected chi connectivity index (χ1v) is 7.87. The average Bonchev–Trinajstić information content (AvgIpc) is 2.91. The molecule has 114 valence electrons. The molecule has 2 aromatic rings. The zero-order chi connectivity index (χ0) is 15.4. The summed E-state index contributed by atoms with van der Waals surface area (Å²) in [7, 11) is 0. The van der Waals surface area contributed by atoms with Crippen molar-refractivity contribution < 1.29 is 0 Å². The summed E-state index contributed by atoms with van der Waals surface area (Å²) in [6, 6.07) is 6.73. The van der Waals surface area contributed by atoms with Crippen LogP contribution in [0.2, 0.25) is 0 Å². The Hall–Kier alpha value is -1.68. The van der Waals surface area contributed by atoms with E-state index in [0.29, 0.717) is 0 Å². The van der Waals surface area contributed by atoms with E-state index in [9.17, 15) is 0 Å². The van der Waals surface area contributed by atoms with Gasteiger partial charge in [-0.1, -0.05) is 32.1 Å². The average molecular weight is 286 g/mol. The second-order valence-electron chi connectivity index (χ2n) is 5.47. The quantitative estimate of drug-likeness (QED) is 0.883. The Balaban J connectivity index is 2.45. The molecule has 2 rings (SSSR count). The topological polar surface area (TPSA) is 42.7 Å². The summed E-state index contributed by atoms with van der Waals surface area (Å²) in [5, 5.41) is 12.4. The molecule has 0 aliphatic carbocycles. The molecular formula is C17H26N4. The highest BCUT2D eigenvalue weighted by atomic mass is 15.4. The third kappa shape index (κ3) is 3.16. The van der Waals surface area contributed by atoms with Crippen molar-refractivity contribution in [3.8, 4) is 5.69 Å². The molecular weight excluding hydrogens is 260 g/mol. The lowest BCUT2D eigenvalue weighted by atomic mass is 10.1. The molecule has 0 radical (unpaired) electrons. The van der Waals surface area contributed by atoms with Gasteiger partial charge in [-0.25, -0.2) is 4.68 Å². The molecule has 0 saturated carbocycles. The first-order valence-electron chi connectivity index (χ1n) is 7.87. The molecule has 1 aromatic heterocycles. The van der Waals surface area contributed by atoms with Crippen LogP contribution < -0.4 is 5.32 Å². The number of nitrogens with zero attached hydrogens (tertiary/aromatic N) is 3. The largest absolute Gasteiger partial charge is 0.309 e. The van der Waals surface area contributed by atoms with Crippen LogP contribution in [0.5, 0.6) is 0 Å². The van der Waals surface area contributed by atoms with Crippen molar-refractivity contribution in [2.75, 3.05) is 6.54 Å². The van der Waals surface area contributed by atoms with Crippen LogP contribution in [0, 0.1) is 13.8 Å². The molecule has 1 aromatic carbocycles. The molecule has 0 bridgehead atoms. The third-order valence-corrected chi connectivity index (χ3v) is 4.05. The van der Waals surface area contributed by atoms with E-state index in [1.807, 2.05) is 4.68 Å². The summed E-state index contributed by atoms with van der Waals surface area (Å²) in [6.07, 6.45) is 1.95. The standard InChI is InChI=1S/C17H26N4/c1-6-15(18-8-3)17-16(7-2)21(20-19-17)14-10-9-12(4)13(5)11-14/h9-11,15,18H,6-8H2,1-5H3. The van der Waals surface area contributed by atoms with Gasteiger partial charge in [0, 0.05) is 0 Å². The fourth-order valence-corrected chi connectivity index (χ4v) is 2.66. The van der Waals surface area contributed by atoms with Crippen LogP contribution in [0.25, 0.3) is 5.69 Å². The van der Waals surface area contributed by atoms with E-state index in [2.05, 4.69) is 68.4 Å². The van der Waals surface area contributed by atoms with Crippen LogP contribution in [0.3, 0.4) is 0 Å². The Morgan fingerprint density at radius 2 is 1.90 bits per heavy atom. The van der Waals surface area contributed by atoms with Gasteiger partial charge in [0.1, 0.15) is 5.69 Å². The highest BCUT2D eigenvalue weighted by Gasteiger charge is 2.19. The van der Waals surface area contributed by atoms with Gasteiger partial charge in [0.25, 0.3) is 0 Å². The lowest BCUT2D eigenvalue weighted by molar-refractivity contribution is 0.520. The van der Waals surface area contributed by atoms with E-state index in [4.69, 9.17) is 0 Å². The third-order valence-electron chi connectivity index (χ3n) is 4.05. The number of aryl methyl sites for hydroxylation is 2. The summed E-state index contributed by atoms with van der Waals surface area (Å²) in [6.45, 7) is 11.7. The van der Waals surface area contributed by atoms with Gasteiger partial charge < -0.3 is 5.32 Å². The van der Waals surface area contributed by atoms with Crippen molar-refractivity contribution in [1.29, 1.82) is 0 Å². The SMILES string of the molecule is CCNC(CC)c1nnn(-c2ccc(C)c(C)c2)c1CC. The van der Waals surface area contributed by atoms with E-state index in [-0.39, 0.29) is 6.04 Å².